The minimum Gasteiger partial charge on any atom is -0.370 e. The molecule has 0 aliphatic heterocycles. The summed E-state index contributed by atoms with van der Waals surface area (Å²) in [5.41, 5.74) is -0.951. The lowest BCUT2D eigenvalue weighted by Gasteiger charge is -2.09. The molecular formula is C12H16F3N3O. The molecule has 0 aliphatic rings. The first-order valence-corrected chi connectivity index (χ1v) is 5.98. The topological polar surface area (TPSA) is 54.0 Å². The number of nitrogens with one attached hydrogen (secondary N) is 2. The molecule has 0 bridgehead atoms. The Bertz CT molecular complexity index is 421. The molecule has 1 rings (SSSR count). The van der Waals surface area contributed by atoms with Crippen LogP contribution in [0.1, 0.15) is 25.5 Å². The van der Waals surface area contributed by atoms with E-state index in [1.807, 2.05) is 6.92 Å². The Hall–Kier alpha value is -1.79. The Morgan fingerprint density at radius 2 is 2.05 bits per heavy atom. The third kappa shape index (κ3) is 5.58. The molecule has 4 nitrogen and oxygen atoms in total. The maximum Gasteiger partial charge on any atom is 0.433 e. The minimum absolute atomic E-state index is 0.109. The van der Waals surface area contributed by atoms with Crippen LogP contribution in [0, 0.1) is 0 Å². The standard InChI is InChI=1S/C12H16F3N3O/c1-2-7-17-11(19)6-8-16-10-5-3-4-9(18-10)12(13,14)15/h3-5H,2,6-8H2,1H3,(H,16,18)(H,17,19). The van der Waals surface area contributed by atoms with Crippen molar-refractivity contribution in [3.8, 4) is 0 Å². The molecule has 1 amide bonds. The second-order valence-electron chi connectivity index (χ2n) is 3.93. The molecule has 0 saturated heterocycles. The van der Waals surface area contributed by atoms with Gasteiger partial charge in [0.05, 0.1) is 0 Å². The summed E-state index contributed by atoms with van der Waals surface area (Å²) in [6.07, 6.45) is -3.43. The molecule has 0 aromatic carbocycles. The number of halogens is 3. The number of carbonyl (C=O) groups excluding carboxylic acids is 1. The molecular weight excluding hydrogens is 259 g/mol. The fourth-order valence-electron chi connectivity index (χ4n) is 1.35. The van der Waals surface area contributed by atoms with Crippen LogP contribution in [0.3, 0.4) is 0 Å². The van der Waals surface area contributed by atoms with Gasteiger partial charge >= 0.3 is 6.18 Å². The highest BCUT2D eigenvalue weighted by molar-refractivity contribution is 5.76. The lowest BCUT2D eigenvalue weighted by molar-refractivity contribution is -0.141. The van der Waals surface area contributed by atoms with Crippen LogP contribution in [0.4, 0.5) is 19.0 Å². The summed E-state index contributed by atoms with van der Waals surface area (Å²) >= 11 is 0. The van der Waals surface area contributed by atoms with Crippen molar-refractivity contribution in [2.45, 2.75) is 25.9 Å². The number of anilines is 1. The summed E-state index contributed by atoms with van der Waals surface area (Å²) in [4.78, 5) is 14.7. The van der Waals surface area contributed by atoms with Crippen molar-refractivity contribution in [2.24, 2.45) is 0 Å². The van der Waals surface area contributed by atoms with Gasteiger partial charge < -0.3 is 10.6 Å². The predicted molar refractivity (Wildman–Crippen MR) is 65.6 cm³/mol. The van der Waals surface area contributed by atoms with Crippen LogP contribution in [0.2, 0.25) is 0 Å². The summed E-state index contributed by atoms with van der Waals surface area (Å²) < 4.78 is 37.2. The van der Waals surface area contributed by atoms with E-state index >= 15 is 0 Å². The quantitative estimate of drug-likeness (QED) is 0.838. The second kappa shape index (κ2) is 6.96. The lowest BCUT2D eigenvalue weighted by atomic mass is 10.3. The zero-order valence-electron chi connectivity index (χ0n) is 10.5. The van der Waals surface area contributed by atoms with Gasteiger partial charge in [0, 0.05) is 19.5 Å². The predicted octanol–water partition coefficient (Wildman–Crippen LogP) is 2.43. The first-order chi connectivity index (χ1) is 8.93. The number of carbonyl (C=O) groups is 1. The largest absolute Gasteiger partial charge is 0.433 e. The van der Waals surface area contributed by atoms with Crippen molar-refractivity contribution in [1.82, 2.24) is 10.3 Å². The summed E-state index contributed by atoms with van der Waals surface area (Å²) in [7, 11) is 0. The van der Waals surface area contributed by atoms with Gasteiger partial charge in [-0.05, 0) is 18.6 Å². The highest BCUT2D eigenvalue weighted by atomic mass is 19.4. The van der Waals surface area contributed by atoms with E-state index in [-0.39, 0.29) is 24.7 Å². The second-order valence-corrected chi connectivity index (χ2v) is 3.93. The van der Waals surface area contributed by atoms with Crippen LogP contribution in [0.25, 0.3) is 0 Å². The Balaban J connectivity index is 2.44. The molecule has 1 heterocycles. The number of hydrogen-bond donors (Lipinski definition) is 2. The monoisotopic (exact) mass is 275 g/mol. The lowest BCUT2D eigenvalue weighted by Crippen LogP contribution is -2.26. The molecule has 1 aromatic rings. The zero-order valence-corrected chi connectivity index (χ0v) is 10.5. The van der Waals surface area contributed by atoms with E-state index in [4.69, 9.17) is 0 Å². The SMILES string of the molecule is CCCNC(=O)CCNc1cccc(C(F)(F)F)n1. The van der Waals surface area contributed by atoms with E-state index in [0.29, 0.717) is 6.54 Å². The van der Waals surface area contributed by atoms with Crippen molar-refractivity contribution < 1.29 is 18.0 Å². The highest BCUT2D eigenvalue weighted by Gasteiger charge is 2.32. The van der Waals surface area contributed by atoms with Gasteiger partial charge in [-0.2, -0.15) is 13.2 Å². The number of hydrogen-bond acceptors (Lipinski definition) is 3. The van der Waals surface area contributed by atoms with Crippen LogP contribution in [0.15, 0.2) is 18.2 Å². The Morgan fingerprint density at radius 3 is 2.68 bits per heavy atom. The minimum atomic E-state index is -4.46. The summed E-state index contributed by atoms with van der Waals surface area (Å²) in [5, 5.41) is 5.37. The van der Waals surface area contributed by atoms with Crippen LogP contribution in [-0.4, -0.2) is 24.0 Å². The molecule has 0 aliphatic carbocycles. The number of aromatic nitrogens is 1. The van der Waals surface area contributed by atoms with Crippen LogP contribution in [0.5, 0.6) is 0 Å². The summed E-state index contributed by atoms with van der Waals surface area (Å²) in [5.74, 6) is -0.0283. The van der Waals surface area contributed by atoms with Crippen molar-refractivity contribution in [3.05, 3.63) is 23.9 Å². The molecule has 0 saturated carbocycles. The zero-order chi connectivity index (χ0) is 14.3. The van der Waals surface area contributed by atoms with Crippen molar-refractivity contribution in [3.63, 3.8) is 0 Å². The smallest absolute Gasteiger partial charge is 0.370 e. The normalized spacial score (nSPS) is 11.2. The van der Waals surface area contributed by atoms with Gasteiger partial charge in [-0.1, -0.05) is 13.0 Å². The maximum atomic E-state index is 12.4. The van der Waals surface area contributed by atoms with Gasteiger partial charge in [-0.3, -0.25) is 4.79 Å². The maximum absolute atomic E-state index is 12.4. The van der Waals surface area contributed by atoms with Crippen LogP contribution < -0.4 is 10.6 Å². The van der Waals surface area contributed by atoms with Gasteiger partial charge in [0.15, 0.2) is 0 Å². The number of amides is 1. The molecule has 2 N–H and O–H groups in total. The Morgan fingerprint density at radius 1 is 1.32 bits per heavy atom. The third-order valence-electron chi connectivity index (χ3n) is 2.27. The first kappa shape index (κ1) is 15.3. The van der Waals surface area contributed by atoms with E-state index in [1.54, 1.807) is 0 Å². The average Bonchev–Trinajstić information content (AvgIpc) is 2.36. The molecule has 0 unspecified atom stereocenters. The number of rotatable bonds is 6. The molecule has 106 valence electrons. The van der Waals surface area contributed by atoms with Gasteiger partial charge in [-0.15, -0.1) is 0 Å². The highest BCUT2D eigenvalue weighted by Crippen LogP contribution is 2.27. The van der Waals surface area contributed by atoms with E-state index in [2.05, 4.69) is 15.6 Å². The summed E-state index contributed by atoms with van der Waals surface area (Å²) in [6, 6.07) is 3.60. The van der Waals surface area contributed by atoms with Gasteiger partial charge in [0.25, 0.3) is 0 Å². The van der Waals surface area contributed by atoms with Crippen LogP contribution >= 0.6 is 0 Å². The van der Waals surface area contributed by atoms with Crippen molar-refractivity contribution in [1.29, 1.82) is 0 Å². The first-order valence-electron chi connectivity index (χ1n) is 5.98. The van der Waals surface area contributed by atoms with E-state index in [9.17, 15) is 18.0 Å². The van der Waals surface area contributed by atoms with Crippen molar-refractivity contribution >= 4 is 11.7 Å². The molecule has 7 heteroatoms. The molecule has 0 radical (unpaired) electrons. The van der Waals surface area contributed by atoms with E-state index < -0.39 is 11.9 Å². The molecule has 0 atom stereocenters. The molecule has 0 fully saturated rings. The third-order valence-corrected chi connectivity index (χ3v) is 2.27. The van der Waals surface area contributed by atoms with Gasteiger partial charge in [-0.25, -0.2) is 4.98 Å². The summed E-state index contributed by atoms with van der Waals surface area (Å²) in [6.45, 7) is 2.77. The van der Waals surface area contributed by atoms with Gasteiger partial charge in [0.1, 0.15) is 11.5 Å². The Kier molecular flexibility index (Phi) is 5.59. The molecule has 19 heavy (non-hydrogen) atoms. The average molecular weight is 275 g/mol. The van der Waals surface area contributed by atoms with E-state index in [0.717, 1.165) is 12.5 Å². The van der Waals surface area contributed by atoms with Crippen molar-refractivity contribution in [2.75, 3.05) is 18.4 Å². The number of alkyl halides is 3. The van der Waals surface area contributed by atoms with E-state index in [1.165, 1.54) is 12.1 Å². The number of pyridine rings is 1. The number of nitrogens with zero attached hydrogens (tertiary/aromatic N) is 1. The van der Waals surface area contributed by atoms with Crippen LogP contribution in [-0.2, 0) is 11.0 Å². The fourth-order valence-corrected chi connectivity index (χ4v) is 1.35. The molecule has 0 spiro atoms. The molecule has 1 aromatic heterocycles. The fraction of sp³-hybridized carbons (Fsp3) is 0.500. The Labute approximate surface area is 109 Å². The van der Waals surface area contributed by atoms with Gasteiger partial charge in [0.2, 0.25) is 5.91 Å².